The Morgan fingerprint density at radius 3 is 2.18 bits per heavy atom. The normalized spacial score (nSPS) is 14.5. The Morgan fingerprint density at radius 1 is 1.41 bits per heavy atom. The van der Waals surface area contributed by atoms with Crippen molar-refractivity contribution in [3.05, 3.63) is 0 Å². The molecule has 0 radical (unpaired) electrons. The van der Waals surface area contributed by atoms with Gasteiger partial charge in [-0.1, -0.05) is 20.8 Å². The van der Waals surface area contributed by atoms with Gasteiger partial charge < -0.3 is 14.7 Å². The number of aliphatic carboxylic acids is 1. The molecule has 0 saturated heterocycles. The molecule has 100 valence electrons. The molecule has 0 aliphatic rings. The number of carbonyl (C=O) groups is 2. The topological polar surface area (TPSA) is 66.8 Å². The fourth-order valence-corrected chi connectivity index (χ4v) is 2.06. The second-order valence-electron chi connectivity index (χ2n) is 4.49. The highest BCUT2D eigenvalue weighted by Gasteiger charge is 2.48. The monoisotopic (exact) mass is 245 g/mol. The lowest BCUT2D eigenvalue weighted by Crippen LogP contribution is -2.62. The van der Waals surface area contributed by atoms with Crippen LogP contribution in [0.5, 0.6) is 0 Å². The number of methoxy groups -OCH3 is 1. The standard InChI is InChI=1S/C12H23NO4/c1-6-7-13(10(4)14)12(8-17-5,9(2)3)11(15)16/h9H,6-8H2,1-5H3,(H,15,16). The summed E-state index contributed by atoms with van der Waals surface area (Å²) in [5, 5.41) is 9.50. The fourth-order valence-electron chi connectivity index (χ4n) is 2.06. The Balaban J connectivity index is 5.50. The zero-order valence-electron chi connectivity index (χ0n) is 11.3. The quantitative estimate of drug-likeness (QED) is 0.735. The van der Waals surface area contributed by atoms with E-state index < -0.39 is 11.5 Å². The molecule has 5 heteroatoms. The summed E-state index contributed by atoms with van der Waals surface area (Å²) in [6.07, 6.45) is 0.713. The number of hydrogen-bond acceptors (Lipinski definition) is 3. The van der Waals surface area contributed by atoms with Gasteiger partial charge in [0.25, 0.3) is 0 Å². The summed E-state index contributed by atoms with van der Waals surface area (Å²) in [6.45, 7) is 7.31. The van der Waals surface area contributed by atoms with E-state index in [4.69, 9.17) is 4.74 Å². The Labute approximate surface area is 103 Å². The van der Waals surface area contributed by atoms with Gasteiger partial charge in [-0.25, -0.2) is 4.79 Å². The first-order chi connectivity index (χ1) is 7.84. The van der Waals surface area contributed by atoms with E-state index in [0.29, 0.717) is 13.0 Å². The third-order valence-corrected chi connectivity index (χ3v) is 3.00. The maximum atomic E-state index is 11.7. The largest absolute Gasteiger partial charge is 0.479 e. The molecule has 0 aliphatic heterocycles. The van der Waals surface area contributed by atoms with Crippen LogP contribution in [0.4, 0.5) is 0 Å². The fraction of sp³-hybridized carbons (Fsp3) is 0.833. The van der Waals surface area contributed by atoms with Crippen LogP contribution < -0.4 is 0 Å². The Kier molecular flexibility index (Phi) is 6.16. The lowest BCUT2D eigenvalue weighted by atomic mass is 9.84. The molecule has 0 saturated carbocycles. The van der Waals surface area contributed by atoms with Crippen LogP contribution >= 0.6 is 0 Å². The molecule has 1 unspecified atom stereocenters. The van der Waals surface area contributed by atoms with Gasteiger partial charge in [0.05, 0.1) is 6.61 Å². The van der Waals surface area contributed by atoms with E-state index >= 15 is 0 Å². The lowest BCUT2D eigenvalue weighted by molar-refractivity contribution is -0.167. The second kappa shape index (κ2) is 6.59. The van der Waals surface area contributed by atoms with Crippen molar-refractivity contribution in [3.8, 4) is 0 Å². The minimum absolute atomic E-state index is 0.000417. The van der Waals surface area contributed by atoms with E-state index in [1.165, 1.54) is 18.9 Å². The zero-order chi connectivity index (χ0) is 13.6. The van der Waals surface area contributed by atoms with Gasteiger partial charge >= 0.3 is 5.97 Å². The summed E-state index contributed by atoms with van der Waals surface area (Å²) in [5.41, 5.74) is -1.28. The van der Waals surface area contributed by atoms with Crippen molar-refractivity contribution < 1.29 is 19.4 Å². The van der Waals surface area contributed by atoms with Crippen LogP contribution in [-0.4, -0.2) is 47.7 Å². The van der Waals surface area contributed by atoms with Crippen molar-refractivity contribution >= 4 is 11.9 Å². The lowest BCUT2D eigenvalue weighted by Gasteiger charge is -2.42. The summed E-state index contributed by atoms with van der Waals surface area (Å²) in [5.74, 6) is -1.48. The average Bonchev–Trinajstić information content (AvgIpc) is 2.21. The number of carboxylic acid groups (broad SMARTS) is 1. The van der Waals surface area contributed by atoms with Gasteiger partial charge in [0.2, 0.25) is 5.91 Å². The molecule has 5 nitrogen and oxygen atoms in total. The third-order valence-electron chi connectivity index (χ3n) is 3.00. The van der Waals surface area contributed by atoms with Gasteiger partial charge in [0, 0.05) is 20.6 Å². The molecule has 0 spiro atoms. The molecular formula is C12H23NO4. The first kappa shape index (κ1) is 15.9. The average molecular weight is 245 g/mol. The summed E-state index contributed by atoms with van der Waals surface area (Å²) in [4.78, 5) is 24.7. The summed E-state index contributed by atoms with van der Waals surface area (Å²) >= 11 is 0. The predicted octanol–water partition coefficient (Wildman–Crippen LogP) is 1.37. The van der Waals surface area contributed by atoms with Crippen molar-refractivity contribution in [1.29, 1.82) is 0 Å². The maximum Gasteiger partial charge on any atom is 0.332 e. The SMILES string of the molecule is CCCN(C(C)=O)C(COC)(C(=O)O)C(C)C. The van der Waals surface area contributed by atoms with Crippen LogP contribution in [0.3, 0.4) is 0 Å². The second-order valence-corrected chi connectivity index (χ2v) is 4.49. The summed E-state index contributed by atoms with van der Waals surface area (Å²) in [6, 6.07) is 0. The van der Waals surface area contributed by atoms with Gasteiger partial charge in [-0.3, -0.25) is 4.79 Å². The summed E-state index contributed by atoms with van der Waals surface area (Å²) < 4.78 is 5.03. The molecule has 0 aliphatic carbocycles. The maximum absolute atomic E-state index is 11.7. The molecule has 0 aromatic rings. The molecule has 17 heavy (non-hydrogen) atoms. The van der Waals surface area contributed by atoms with Gasteiger partial charge in [-0.15, -0.1) is 0 Å². The predicted molar refractivity (Wildman–Crippen MR) is 64.8 cm³/mol. The van der Waals surface area contributed by atoms with Crippen molar-refractivity contribution in [2.75, 3.05) is 20.3 Å². The van der Waals surface area contributed by atoms with Crippen molar-refractivity contribution in [2.24, 2.45) is 5.92 Å². The Bertz CT molecular complexity index is 278. The highest BCUT2D eigenvalue weighted by atomic mass is 16.5. The molecule has 1 N–H and O–H groups in total. The Hall–Kier alpha value is -1.10. The van der Waals surface area contributed by atoms with Crippen LogP contribution in [0.1, 0.15) is 34.1 Å². The number of carboxylic acids is 1. The van der Waals surface area contributed by atoms with E-state index in [2.05, 4.69) is 0 Å². The van der Waals surface area contributed by atoms with Crippen LogP contribution in [0.25, 0.3) is 0 Å². The minimum atomic E-state index is -1.28. The minimum Gasteiger partial charge on any atom is -0.479 e. The van der Waals surface area contributed by atoms with E-state index in [9.17, 15) is 14.7 Å². The highest BCUT2D eigenvalue weighted by Crippen LogP contribution is 2.27. The van der Waals surface area contributed by atoms with E-state index in [1.54, 1.807) is 13.8 Å². The van der Waals surface area contributed by atoms with Gasteiger partial charge in [-0.05, 0) is 12.3 Å². The van der Waals surface area contributed by atoms with Crippen LogP contribution in [-0.2, 0) is 14.3 Å². The number of carbonyl (C=O) groups excluding carboxylic acids is 1. The van der Waals surface area contributed by atoms with Crippen LogP contribution in [0.2, 0.25) is 0 Å². The highest BCUT2D eigenvalue weighted by molar-refractivity contribution is 5.86. The third kappa shape index (κ3) is 3.19. The van der Waals surface area contributed by atoms with Gasteiger partial charge in [0.1, 0.15) is 0 Å². The zero-order valence-corrected chi connectivity index (χ0v) is 11.3. The van der Waals surface area contributed by atoms with Crippen LogP contribution in [0.15, 0.2) is 0 Å². The molecule has 0 heterocycles. The van der Waals surface area contributed by atoms with Gasteiger partial charge in [0.15, 0.2) is 5.54 Å². The molecule has 0 fully saturated rings. The van der Waals surface area contributed by atoms with Crippen LogP contribution in [0, 0.1) is 5.92 Å². The van der Waals surface area contributed by atoms with Crippen molar-refractivity contribution in [2.45, 2.75) is 39.7 Å². The number of amides is 1. The summed E-state index contributed by atoms with van der Waals surface area (Å²) in [7, 11) is 1.45. The molecule has 0 bridgehead atoms. The van der Waals surface area contributed by atoms with E-state index in [-0.39, 0.29) is 18.4 Å². The molecule has 0 rings (SSSR count). The molecular weight excluding hydrogens is 222 g/mol. The van der Waals surface area contributed by atoms with E-state index in [0.717, 1.165) is 0 Å². The first-order valence-electron chi connectivity index (χ1n) is 5.85. The molecule has 1 atom stereocenters. The number of hydrogen-bond donors (Lipinski definition) is 1. The molecule has 0 aromatic heterocycles. The molecule has 0 aromatic carbocycles. The number of rotatable bonds is 7. The van der Waals surface area contributed by atoms with E-state index in [1.807, 2.05) is 6.92 Å². The number of ether oxygens (including phenoxy) is 1. The Morgan fingerprint density at radius 2 is 1.94 bits per heavy atom. The smallest absolute Gasteiger partial charge is 0.332 e. The van der Waals surface area contributed by atoms with Gasteiger partial charge in [-0.2, -0.15) is 0 Å². The first-order valence-corrected chi connectivity index (χ1v) is 5.85. The van der Waals surface area contributed by atoms with Crippen molar-refractivity contribution in [3.63, 3.8) is 0 Å². The molecule has 1 amide bonds. The van der Waals surface area contributed by atoms with Crippen molar-refractivity contribution in [1.82, 2.24) is 4.90 Å². The number of nitrogens with zero attached hydrogens (tertiary/aromatic N) is 1.